The number of benzene rings is 1. The normalized spacial score (nSPS) is 10.8. The maximum atomic E-state index is 11.7. The summed E-state index contributed by atoms with van der Waals surface area (Å²) in [4.78, 5) is 16.3. The van der Waals surface area contributed by atoms with Crippen molar-refractivity contribution >= 4 is 11.6 Å². The van der Waals surface area contributed by atoms with Gasteiger partial charge in [-0.3, -0.25) is 10.2 Å². The molecule has 0 atom stereocenters. The van der Waals surface area contributed by atoms with Crippen LogP contribution in [0.3, 0.4) is 0 Å². The standard InChI is InChI=1S/C15H15N5O/c1-10-7-8-13-17-15(11-5-3-2-4-6-11)12(20(13)19-10)9-14(21)18-16/h2-8H,9,16H2,1H3,(H,18,21). The van der Waals surface area contributed by atoms with Crippen molar-refractivity contribution in [2.24, 2.45) is 5.84 Å². The molecule has 0 fully saturated rings. The number of nitrogens with zero attached hydrogens (tertiary/aromatic N) is 3. The highest BCUT2D eigenvalue weighted by atomic mass is 16.2. The van der Waals surface area contributed by atoms with Crippen LogP contribution >= 0.6 is 0 Å². The van der Waals surface area contributed by atoms with Crippen molar-refractivity contribution in [3.8, 4) is 11.3 Å². The van der Waals surface area contributed by atoms with Crippen molar-refractivity contribution in [3.05, 3.63) is 53.9 Å². The molecule has 0 saturated carbocycles. The van der Waals surface area contributed by atoms with E-state index in [4.69, 9.17) is 5.84 Å². The number of nitrogens with two attached hydrogens (primary N) is 1. The number of nitrogens with one attached hydrogen (secondary N) is 1. The number of hydrazine groups is 1. The lowest BCUT2D eigenvalue weighted by Gasteiger charge is -2.04. The van der Waals surface area contributed by atoms with Crippen molar-refractivity contribution in [1.29, 1.82) is 0 Å². The van der Waals surface area contributed by atoms with Crippen LogP contribution in [0.2, 0.25) is 0 Å². The molecule has 1 amide bonds. The van der Waals surface area contributed by atoms with Crippen LogP contribution < -0.4 is 11.3 Å². The van der Waals surface area contributed by atoms with E-state index in [0.29, 0.717) is 5.65 Å². The summed E-state index contributed by atoms with van der Waals surface area (Å²) < 4.78 is 1.70. The predicted octanol–water partition coefficient (Wildman–Crippen LogP) is 1.24. The second-order valence-corrected chi connectivity index (χ2v) is 4.76. The Bertz CT molecular complexity index is 794. The van der Waals surface area contributed by atoms with Crippen LogP contribution in [-0.4, -0.2) is 20.5 Å². The molecule has 0 radical (unpaired) electrons. The minimum atomic E-state index is -0.280. The fourth-order valence-corrected chi connectivity index (χ4v) is 2.26. The molecule has 0 aliphatic carbocycles. The van der Waals surface area contributed by atoms with Gasteiger partial charge in [0.1, 0.15) is 0 Å². The number of fused-ring (bicyclic) bond motifs is 1. The largest absolute Gasteiger partial charge is 0.294 e. The summed E-state index contributed by atoms with van der Waals surface area (Å²) in [5.41, 5.74) is 6.13. The number of amides is 1. The average molecular weight is 281 g/mol. The Balaban J connectivity index is 2.23. The number of aromatic nitrogens is 3. The molecule has 21 heavy (non-hydrogen) atoms. The Kier molecular flexibility index (Phi) is 3.37. The highest BCUT2D eigenvalue weighted by molar-refractivity contribution is 5.80. The van der Waals surface area contributed by atoms with E-state index in [1.54, 1.807) is 4.52 Å². The molecule has 106 valence electrons. The number of imidazole rings is 1. The number of carbonyl (C=O) groups excluding carboxylic acids is 1. The van der Waals surface area contributed by atoms with E-state index >= 15 is 0 Å². The Morgan fingerprint density at radius 3 is 2.71 bits per heavy atom. The van der Waals surface area contributed by atoms with Gasteiger partial charge in [-0.25, -0.2) is 15.3 Å². The molecule has 0 spiro atoms. The van der Waals surface area contributed by atoms with Crippen LogP contribution in [0.1, 0.15) is 11.4 Å². The third kappa shape index (κ3) is 2.48. The molecule has 0 aliphatic heterocycles. The van der Waals surface area contributed by atoms with Crippen LogP contribution in [0, 0.1) is 6.92 Å². The van der Waals surface area contributed by atoms with Gasteiger partial charge in [0.05, 0.1) is 23.5 Å². The fourth-order valence-electron chi connectivity index (χ4n) is 2.26. The monoisotopic (exact) mass is 281 g/mol. The summed E-state index contributed by atoms with van der Waals surface area (Å²) in [7, 11) is 0. The van der Waals surface area contributed by atoms with Crippen LogP contribution in [-0.2, 0) is 11.2 Å². The molecule has 3 rings (SSSR count). The fraction of sp³-hybridized carbons (Fsp3) is 0.133. The van der Waals surface area contributed by atoms with Crippen LogP contribution in [0.25, 0.3) is 16.9 Å². The minimum absolute atomic E-state index is 0.123. The first-order valence-corrected chi connectivity index (χ1v) is 6.59. The van der Waals surface area contributed by atoms with Crippen molar-refractivity contribution in [2.75, 3.05) is 0 Å². The summed E-state index contributed by atoms with van der Waals surface area (Å²) in [5.74, 6) is 4.92. The molecular formula is C15H15N5O. The van der Waals surface area contributed by atoms with Gasteiger partial charge in [0.2, 0.25) is 5.91 Å². The first-order chi connectivity index (χ1) is 10.2. The third-order valence-corrected chi connectivity index (χ3v) is 3.24. The Labute approximate surface area is 121 Å². The van der Waals surface area contributed by atoms with Gasteiger partial charge < -0.3 is 0 Å². The molecule has 0 bridgehead atoms. The lowest BCUT2D eigenvalue weighted by Crippen LogP contribution is -2.32. The Morgan fingerprint density at radius 1 is 1.24 bits per heavy atom. The number of hydrogen-bond acceptors (Lipinski definition) is 4. The molecule has 6 nitrogen and oxygen atoms in total. The zero-order valence-electron chi connectivity index (χ0n) is 11.6. The lowest BCUT2D eigenvalue weighted by atomic mass is 10.1. The van der Waals surface area contributed by atoms with Gasteiger partial charge in [-0.1, -0.05) is 30.3 Å². The lowest BCUT2D eigenvalue weighted by molar-refractivity contribution is -0.120. The van der Waals surface area contributed by atoms with E-state index in [2.05, 4.69) is 15.5 Å². The molecule has 3 N–H and O–H groups in total. The second-order valence-electron chi connectivity index (χ2n) is 4.76. The van der Waals surface area contributed by atoms with Crippen molar-refractivity contribution in [3.63, 3.8) is 0 Å². The minimum Gasteiger partial charge on any atom is -0.294 e. The highest BCUT2D eigenvalue weighted by Gasteiger charge is 2.17. The molecule has 0 unspecified atom stereocenters. The van der Waals surface area contributed by atoms with Gasteiger partial charge in [-0.15, -0.1) is 0 Å². The topological polar surface area (TPSA) is 85.3 Å². The number of aryl methyl sites for hydroxylation is 1. The molecule has 3 aromatic rings. The average Bonchev–Trinajstić information content (AvgIpc) is 2.86. The van der Waals surface area contributed by atoms with Gasteiger partial charge >= 0.3 is 0 Å². The molecule has 2 aromatic heterocycles. The Hall–Kier alpha value is -2.73. The maximum absolute atomic E-state index is 11.7. The van der Waals surface area contributed by atoms with Gasteiger partial charge in [0.25, 0.3) is 0 Å². The smallest absolute Gasteiger partial charge is 0.239 e. The maximum Gasteiger partial charge on any atom is 0.239 e. The first-order valence-electron chi connectivity index (χ1n) is 6.59. The van der Waals surface area contributed by atoms with Crippen LogP contribution in [0.4, 0.5) is 0 Å². The van der Waals surface area contributed by atoms with Crippen molar-refractivity contribution < 1.29 is 4.79 Å². The molecule has 1 aromatic carbocycles. The van der Waals surface area contributed by atoms with Gasteiger partial charge in [-0.05, 0) is 19.1 Å². The molecular weight excluding hydrogens is 266 g/mol. The first kappa shape index (κ1) is 13.3. The molecule has 0 aliphatic rings. The number of carbonyl (C=O) groups is 1. The molecule has 0 saturated heterocycles. The molecule has 6 heteroatoms. The number of rotatable bonds is 3. The van der Waals surface area contributed by atoms with E-state index < -0.39 is 0 Å². The summed E-state index contributed by atoms with van der Waals surface area (Å²) in [6.07, 6.45) is 0.123. The zero-order valence-corrected chi connectivity index (χ0v) is 11.6. The van der Waals surface area contributed by atoms with E-state index in [9.17, 15) is 4.79 Å². The van der Waals surface area contributed by atoms with E-state index in [0.717, 1.165) is 22.6 Å². The highest BCUT2D eigenvalue weighted by Crippen LogP contribution is 2.24. The summed E-state index contributed by atoms with van der Waals surface area (Å²) in [6.45, 7) is 1.90. The summed E-state index contributed by atoms with van der Waals surface area (Å²) in [5, 5.41) is 4.44. The third-order valence-electron chi connectivity index (χ3n) is 3.24. The summed E-state index contributed by atoms with van der Waals surface area (Å²) >= 11 is 0. The van der Waals surface area contributed by atoms with Crippen LogP contribution in [0.5, 0.6) is 0 Å². The predicted molar refractivity (Wildman–Crippen MR) is 79.2 cm³/mol. The van der Waals surface area contributed by atoms with E-state index in [1.165, 1.54) is 0 Å². The second kappa shape index (κ2) is 5.34. The van der Waals surface area contributed by atoms with E-state index in [-0.39, 0.29) is 12.3 Å². The molecule has 2 heterocycles. The van der Waals surface area contributed by atoms with Crippen LogP contribution in [0.15, 0.2) is 42.5 Å². The van der Waals surface area contributed by atoms with E-state index in [1.807, 2.05) is 49.4 Å². The summed E-state index contributed by atoms with van der Waals surface area (Å²) in [6, 6.07) is 13.5. The number of hydrogen-bond donors (Lipinski definition) is 2. The van der Waals surface area contributed by atoms with Crippen molar-refractivity contribution in [2.45, 2.75) is 13.3 Å². The van der Waals surface area contributed by atoms with Gasteiger partial charge in [-0.2, -0.15) is 5.10 Å². The van der Waals surface area contributed by atoms with Gasteiger partial charge in [0, 0.05) is 5.56 Å². The SMILES string of the molecule is Cc1ccc2nc(-c3ccccc3)c(CC(=O)NN)n2n1. The van der Waals surface area contributed by atoms with Crippen molar-refractivity contribution in [1.82, 2.24) is 20.0 Å². The van der Waals surface area contributed by atoms with Gasteiger partial charge in [0.15, 0.2) is 5.65 Å². The Morgan fingerprint density at radius 2 is 2.00 bits per heavy atom. The zero-order chi connectivity index (χ0) is 14.8. The quantitative estimate of drug-likeness (QED) is 0.429.